The number of nitro benzene ring substituents is 1. The first-order valence-electron chi connectivity index (χ1n) is 9.70. The van der Waals surface area contributed by atoms with Crippen LogP contribution < -0.4 is 10.5 Å². The molecule has 0 unspecified atom stereocenters. The average molecular weight is 433 g/mol. The molecule has 2 heterocycles. The van der Waals surface area contributed by atoms with E-state index in [-0.39, 0.29) is 35.3 Å². The molecule has 0 spiro atoms. The van der Waals surface area contributed by atoms with E-state index in [9.17, 15) is 20.0 Å². The molecule has 162 valence electrons. The third-order valence-corrected chi connectivity index (χ3v) is 5.17. The predicted octanol–water partition coefficient (Wildman–Crippen LogP) is 3.23. The molecule has 4 N–H and O–H groups in total. The molecule has 2 aromatic carbocycles. The number of nitrogens with zero attached hydrogens (tertiary/aromatic N) is 3. The third kappa shape index (κ3) is 4.06. The van der Waals surface area contributed by atoms with Crippen LogP contribution in [0.1, 0.15) is 12.0 Å². The number of carbonyl (C=O) groups is 1. The fourth-order valence-corrected chi connectivity index (χ4v) is 3.52. The molecule has 1 saturated heterocycles. The van der Waals surface area contributed by atoms with Gasteiger partial charge in [0.05, 0.1) is 17.2 Å². The Kier molecular flexibility index (Phi) is 5.42. The van der Waals surface area contributed by atoms with E-state index in [1.165, 1.54) is 35.2 Å². The molecule has 0 bridgehead atoms. The van der Waals surface area contributed by atoms with Crippen molar-refractivity contribution >= 4 is 29.0 Å². The van der Waals surface area contributed by atoms with E-state index in [0.29, 0.717) is 35.4 Å². The van der Waals surface area contributed by atoms with Crippen LogP contribution in [0.15, 0.2) is 70.7 Å². The van der Waals surface area contributed by atoms with Crippen molar-refractivity contribution in [1.29, 1.82) is 5.41 Å². The van der Waals surface area contributed by atoms with E-state index in [2.05, 4.69) is 4.99 Å². The number of phenolic OH excluding ortho intramolecular Hbond substituents is 1. The summed E-state index contributed by atoms with van der Waals surface area (Å²) in [5.74, 6) is 0.255. The molecule has 10 heteroatoms. The van der Waals surface area contributed by atoms with Gasteiger partial charge in [-0.1, -0.05) is 12.1 Å². The maximum Gasteiger partial charge on any atom is 0.415 e. The number of hydrogen-bond acceptors (Lipinski definition) is 7. The number of ether oxygens (including phenoxy) is 1. The molecule has 4 rings (SSSR count). The van der Waals surface area contributed by atoms with Gasteiger partial charge in [-0.25, -0.2) is 9.79 Å². The highest BCUT2D eigenvalue weighted by atomic mass is 16.6. The number of hydrogen-bond donors (Lipinski definition) is 3. The number of aliphatic imine (C=N–C) groups is 1. The maximum absolute atomic E-state index is 12.6. The first-order chi connectivity index (χ1) is 15.3. The lowest BCUT2D eigenvalue weighted by Crippen LogP contribution is -2.41. The Morgan fingerprint density at radius 2 is 1.97 bits per heavy atom. The van der Waals surface area contributed by atoms with Gasteiger partial charge in [-0.2, -0.15) is 0 Å². The van der Waals surface area contributed by atoms with Crippen LogP contribution in [0, 0.1) is 15.5 Å². The summed E-state index contributed by atoms with van der Waals surface area (Å²) >= 11 is 0. The van der Waals surface area contributed by atoms with Crippen molar-refractivity contribution in [3.05, 3.63) is 81.4 Å². The van der Waals surface area contributed by atoms with Crippen LogP contribution >= 0.6 is 0 Å². The molecule has 0 aromatic heterocycles. The van der Waals surface area contributed by atoms with Crippen LogP contribution in [0.4, 0.5) is 10.5 Å². The maximum atomic E-state index is 12.6. The number of fused-ring (bicyclic) bond motifs is 1. The number of amides is 1. The Hall–Kier alpha value is -4.47. The minimum absolute atomic E-state index is 0.0227. The fraction of sp³-hybridized carbons (Fsp3) is 0.136. The summed E-state index contributed by atoms with van der Waals surface area (Å²) in [6.45, 7) is 0.528. The summed E-state index contributed by atoms with van der Waals surface area (Å²) in [5.41, 5.74) is 8.66. The molecular weight excluding hydrogens is 414 g/mol. The van der Waals surface area contributed by atoms with Crippen LogP contribution in [-0.2, 0) is 0 Å². The van der Waals surface area contributed by atoms with E-state index in [0.717, 1.165) is 0 Å². The highest BCUT2D eigenvalue weighted by molar-refractivity contribution is 6.22. The number of carbonyl (C=O) groups excluding carboxylic acids is 1. The molecule has 0 saturated carbocycles. The Morgan fingerprint density at radius 3 is 2.66 bits per heavy atom. The van der Waals surface area contributed by atoms with Gasteiger partial charge in [0.1, 0.15) is 11.5 Å². The van der Waals surface area contributed by atoms with Gasteiger partial charge >= 0.3 is 6.09 Å². The summed E-state index contributed by atoms with van der Waals surface area (Å²) in [6, 6.07) is 11.9. The zero-order chi connectivity index (χ0) is 22.8. The Morgan fingerprint density at radius 1 is 1.25 bits per heavy atom. The number of phenols is 1. The van der Waals surface area contributed by atoms with Crippen molar-refractivity contribution in [3.8, 4) is 11.5 Å². The summed E-state index contributed by atoms with van der Waals surface area (Å²) in [6.07, 6.45) is 1.41. The first-order valence-corrected chi connectivity index (χ1v) is 9.70. The number of nitrogens with two attached hydrogens (primary N) is 1. The van der Waals surface area contributed by atoms with Crippen molar-refractivity contribution in [2.75, 3.05) is 13.1 Å². The van der Waals surface area contributed by atoms with Gasteiger partial charge in [-0.3, -0.25) is 15.5 Å². The van der Waals surface area contributed by atoms with E-state index in [1.54, 1.807) is 24.3 Å². The molecule has 1 fully saturated rings. The Bertz CT molecular complexity index is 1210. The van der Waals surface area contributed by atoms with E-state index < -0.39 is 11.0 Å². The highest BCUT2D eigenvalue weighted by Crippen LogP contribution is 2.29. The van der Waals surface area contributed by atoms with Crippen LogP contribution in [0.25, 0.3) is 5.70 Å². The third-order valence-electron chi connectivity index (χ3n) is 5.17. The number of nitro groups is 1. The van der Waals surface area contributed by atoms with Gasteiger partial charge in [0.15, 0.2) is 5.84 Å². The zero-order valence-corrected chi connectivity index (χ0v) is 16.8. The number of likely N-dealkylation sites (tertiary alicyclic amines) is 1. The molecule has 0 aliphatic carbocycles. The number of benzene rings is 2. The van der Waals surface area contributed by atoms with Crippen LogP contribution in [0.5, 0.6) is 11.5 Å². The Labute approximate surface area is 182 Å². The van der Waals surface area contributed by atoms with Crippen LogP contribution in [0.3, 0.4) is 0 Å². The summed E-state index contributed by atoms with van der Waals surface area (Å²) in [4.78, 5) is 28.6. The number of non-ortho nitro benzene ring substituents is 1. The molecular formula is C22H19N5O5. The second kappa shape index (κ2) is 8.34. The number of nitrogens with one attached hydrogen (secondary N) is 1. The molecule has 2 aromatic rings. The van der Waals surface area contributed by atoms with E-state index in [4.69, 9.17) is 15.9 Å². The molecule has 1 amide bonds. The largest absolute Gasteiger partial charge is 0.507 e. The van der Waals surface area contributed by atoms with Crippen LogP contribution in [-0.4, -0.2) is 45.7 Å². The normalized spacial score (nSPS) is 16.0. The average Bonchev–Trinajstić information content (AvgIpc) is 3.08. The molecule has 10 nitrogen and oxygen atoms in total. The predicted molar refractivity (Wildman–Crippen MR) is 118 cm³/mol. The molecule has 32 heavy (non-hydrogen) atoms. The van der Waals surface area contributed by atoms with Gasteiger partial charge < -0.3 is 20.5 Å². The molecule has 0 radical (unpaired) electrons. The van der Waals surface area contributed by atoms with Gasteiger partial charge in [-0.15, -0.1) is 0 Å². The number of piperidine rings is 1. The van der Waals surface area contributed by atoms with Crippen molar-refractivity contribution in [3.63, 3.8) is 0 Å². The van der Waals surface area contributed by atoms with E-state index in [1.807, 2.05) is 0 Å². The Balaban J connectivity index is 1.54. The second-order valence-corrected chi connectivity index (χ2v) is 7.21. The van der Waals surface area contributed by atoms with Crippen molar-refractivity contribution in [2.45, 2.75) is 6.42 Å². The fourth-order valence-electron chi connectivity index (χ4n) is 3.52. The molecule has 2 aliphatic heterocycles. The number of aromatic hydroxyl groups is 1. The summed E-state index contributed by atoms with van der Waals surface area (Å²) in [5, 5.41) is 29.0. The lowest BCUT2D eigenvalue weighted by molar-refractivity contribution is -0.384. The van der Waals surface area contributed by atoms with Gasteiger partial charge in [0.25, 0.3) is 5.69 Å². The van der Waals surface area contributed by atoms with Gasteiger partial charge in [0, 0.05) is 47.5 Å². The lowest BCUT2D eigenvalue weighted by Gasteiger charge is -2.28. The van der Waals surface area contributed by atoms with Crippen molar-refractivity contribution < 1.29 is 19.6 Å². The standard InChI is InChI=1S/C22H19N5O5/c23-18(15-3-1-2-4-20(15)28)11-16-17-12-26(10-9-19(17)25-21(16)24)22(29)32-14-7-5-13(6-8-14)27(30)31/h1-8,11,24,28H,9-10,12,23H2/b18-11-,24-21?. The number of rotatable bonds is 4. The topological polar surface area (TPSA) is 155 Å². The summed E-state index contributed by atoms with van der Waals surface area (Å²) in [7, 11) is 0. The smallest absolute Gasteiger partial charge is 0.415 e. The van der Waals surface area contributed by atoms with Crippen LogP contribution in [0.2, 0.25) is 0 Å². The first kappa shape index (κ1) is 20.8. The quantitative estimate of drug-likeness (QED) is 0.496. The minimum atomic E-state index is -0.610. The van der Waals surface area contributed by atoms with E-state index >= 15 is 0 Å². The zero-order valence-electron chi connectivity index (χ0n) is 16.8. The molecule has 0 atom stereocenters. The number of amidine groups is 1. The summed E-state index contributed by atoms with van der Waals surface area (Å²) < 4.78 is 5.34. The van der Waals surface area contributed by atoms with Crippen molar-refractivity contribution in [1.82, 2.24) is 4.90 Å². The monoisotopic (exact) mass is 433 g/mol. The lowest BCUT2D eigenvalue weighted by atomic mass is 9.97. The highest BCUT2D eigenvalue weighted by Gasteiger charge is 2.31. The van der Waals surface area contributed by atoms with Gasteiger partial charge in [-0.05, 0) is 30.3 Å². The second-order valence-electron chi connectivity index (χ2n) is 7.21. The van der Waals surface area contributed by atoms with Crippen molar-refractivity contribution in [2.24, 2.45) is 10.7 Å². The molecule has 2 aliphatic rings. The number of para-hydroxylation sites is 1. The minimum Gasteiger partial charge on any atom is -0.507 e. The van der Waals surface area contributed by atoms with Gasteiger partial charge in [0.2, 0.25) is 0 Å². The SMILES string of the molecule is N=C1N=C2CCN(C(=O)Oc3ccc([N+](=O)[O-])cc3)CC2=C1/C=C(\N)c1ccccc1O.